The fraction of sp³-hybridized carbons (Fsp3) is 0.368. The van der Waals surface area contributed by atoms with Crippen molar-refractivity contribution >= 4 is 11.4 Å². The van der Waals surface area contributed by atoms with E-state index in [-0.39, 0.29) is 0 Å². The van der Waals surface area contributed by atoms with Crippen LogP contribution in [-0.2, 0) is 6.42 Å². The Morgan fingerprint density at radius 1 is 0.909 bits per heavy atom. The number of anilines is 2. The Bertz CT molecular complexity index is 589. The molecule has 1 unspecified atom stereocenters. The van der Waals surface area contributed by atoms with Gasteiger partial charge in [0.25, 0.3) is 0 Å². The fourth-order valence-corrected chi connectivity index (χ4v) is 3.23. The molecule has 2 N–H and O–H groups in total. The average molecular weight is 295 g/mol. The van der Waals surface area contributed by atoms with Gasteiger partial charge in [-0.05, 0) is 37.1 Å². The first-order valence-electron chi connectivity index (χ1n) is 8.11. The lowest BCUT2D eigenvalue weighted by Gasteiger charge is -2.39. The number of piperazine rings is 1. The number of rotatable bonds is 4. The maximum absolute atomic E-state index is 6.07. The standard InChI is InChI=1S/C19H25N3/c1-16(15-17-7-5-6-10-19(17)20)21-11-13-22(14-12-21)18-8-3-2-4-9-18/h2-10,16H,11-15,20H2,1H3. The Morgan fingerprint density at radius 3 is 2.23 bits per heavy atom. The van der Waals surface area contributed by atoms with E-state index < -0.39 is 0 Å². The highest BCUT2D eigenvalue weighted by molar-refractivity contribution is 5.47. The molecule has 1 aliphatic rings. The first-order chi connectivity index (χ1) is 10.7. The summed E-state index contributed by atoms with van der Waals surface area (Å²) in [6, 6.07) is 19.4. The predicted molar refractivity (Wildman–Crippen MR) is 94.2 cm³/mol. The molecule has 1 atom stereocenters. The van der Waals surface area contributed by atoms with E-state index in [4.69, 9.17) is 5.73 Å². The summed E-state index contributed by atoms with van der Waals surface area (Å²) in [6.07, 6.45) is 1.03. The maximum atomic E-state index is 6.07. The quantitative estimate of drug-likeness (QED) is 0.880. The van der Waals surface area contributed by atoms with Gasteiger partial charge < -0.3 is 10.6 Å². The lowest BCUT2D eigenvalue weighted by atomic mass is 10.0. The van der Waals surface area contributed by atoms with Gasteiger partial charge in [0.15, 0.2) is 0 Å². The Balaban J connectivity index is 1.56. The second kappa shape index (κ2) is 6.84. The highest BCUT2D eigenvalue weighted by Gasteiger charge is 2.21. The number of nitrogen functional groups attached to an aromatic ring is 1. The summed E-state index contributed by atoms with van der Waals surface area (Å²) in [6.45, 7) is 6.73. The van der Waals surface area contributed by atoms with Gasteiger partial charge in [0.05, 0.1) is 0 Å². The van der Waals surface area contributed by atoms with Gasteiger partial charge in [0.1, 0.15) is 0 Å². The smallest absolute Gasteiger partial charge is 0.0367 e. The van der Waals surface area contributed by atoms with Crippen LogP contribution in [0.15, 0.2) is 54.6 Å². The van der Waals surface area contributed by atoms with E-state index in [9.17, 15) is 0 Å². The minimum atomic E-state index is 0.530. The Morgan fingerprint density at radius 2 is 1.55 bits per heavy atom. The number of hydrogen-bond donors (Lipinski definition) is 1. The molecular weight excluding hydrogens is 270 g/mol. The SMILES string of the molecule is CC(Cc1ccccc1N)N1CCN(c2ccccc2)CC1. The topological polar surface area (TPSA) is 32.5 Å². The summed E-state index contributed by atoms with van der Waals surface area (Å²) in [5, 5.41) is 0. The van der Waals surface area contributed by atoms with Crippen LogP contribution >= 0.6 is 0 Å². The predicted octanol–water partition coefficient (Wildman–Crippen LogP) is 3.02. The zero-order valence-electron chi connectivity index (χ0n) is 13.3. The van der Waals surface area contributed by atoms with Crippen molar-refractivity contribution in [2.45, 2.75) is 19.4 Å². The molecule has 1 aliphatic heterocycles. The molecule has 2 aromatic rings. The summed E-state index contributed by atoms with van der Waals surface area (Å²) in [7, 11) is 0. The van der Waals surface area contributed by atoms with Crippen LogP contribution in [0.25, 0.3) is 0 Å². The van der Waals surface area contributed by atoms with E-state index in [2.05, 4.69) is 59.2 Å². The van der Waals surface area contributed by atoms with Gasteiger partial charge in [-0.1, -0.05) is 36.4 Å². The zero-order chi connectivity index (χ0) is 15.4. The molecule has 0 aliphatic carbocycles. The molecule has 22 heavy (non-hydrogen) atoms. The van der Waals surface area contributed by atoms with Crippen molar-refractivity contribution in [1.82, 2.24) is 4.90 Å². The van der Waals surface area contributed by atoms with Crippen molar-refractivity contribution < 1.29 is 0 Å². The zero-order valence-corrected chi connectivity index (χ0v) is 13.3. The first-order valence-corrected chi connectivity index (χ1v) is 8.11. The molecule has 1 fully saturated rings. The molecule has 0 aromatic heterocycles. The number of nitrogens with zero attached hydrogens (tertiary/aromatic N) is 2. The molecule has 3 nitrogen and oxygen atoms in total. The molecule has 1 saturated heterocycles. The highest BCUT2D eigenvalue weighted by Crippen LogP contribution is 2.19. The highest BCUT2D eigenvalue weighted by atomic mass is 15.3. The molecule has 3 rings (SSSR count). The number of para-hydroxylation sites is 2. The van der Waals surface area contributed by atoms with Crippen LogP contribution in [0.1, 0.15) is 12.5 Å². The number of hydrogen-bond acceptors (Lipinski definition) is 3. The normalized spacial score (nSPS) is 17.4. The number of benzene rings is 2. The minimum Gasteiger partial charge on any atom is -0.399 e. The van der Waals surface area contributed by atoms with E-state index >= 15 is 0 Å². The molecule has 1 heterocycles. The van der Waals surface area contributed by atoms with Gasteiger partial charge in [-0.25, -0.2) is 0 Å². The number of nitrogens with two attached hydrogens (primary N) is 1. The van der Waals surface area contributed by atoms with Gasteiger partial charge in [-0.3, -0.25) is 4.90 Å². The molecule has 0 radical (unpaired) electrons. The van der Waals surface area contributed by atoms with Gasteiger partial charge in [0.2, 0.25) is 0 Å². The third kappa shape index (κ3) is 3.42. The molecule has 0 bridgehead atoms. The molecular formula is C19H25N3. The molecule has 0 amide bonds. The van der Waals surface area contributed by atoms with E-state index in [1.807, 2.05) is 12.1 Å². The third-order valence-electron chi connectivity index (χ3n) is 4.63. The molecule has 0 saturated carbocycles. The fourth-order valence-electron chi connectivity index (χ4n) is 3.23. The van der Waals surface area contributed by atoms with Crippen LogP contribution in [0.5, 0.6) is 0 Å². The maximum Gasteiger partial charge on any atom is 0.0367 e. The largest absolute Gasteiger partial charge is 0.399 e. The van der Waals surface area contributed by atoms with E-state index in [1.54, 1.807) is 0 Å². The van der Waals surface area contributed by atoms with Gasteiger partial charge >= 0.3 is 0 Å². The summed E-state index contributed by atoms with van der Waals surface area (Å²) < 4.78 is 0. The second-order valence-electron chi connectivity index (χ2n) is 6.11. The van der Waals surface area contributed by atoms with Crippen LogP contribution in [0.3, 0.4) is 0 Å². The van der Waals surface area contributed by atoms with Crippen molar-refractivity contribution in [3.05, 3.63) is 60.2 Å². The summed E-state index contributed by atoms with van der Waals surface area (Å²) >= 11 is 0. The summed E-state index contributed by atoms with van der Waals surface area (Å²) in [5.74, 6) is 0. The van der Waals surface area contributed by atoms with E-state index in [0.29, 0.717) is 6.04 Å². The van der Waals surface area contributed by atoms with E-state index in [1.165, 1.54) is 11.3 Å². The summed E-state index contributed by atoms with van der Waals surface area (Å²) in [5.41, 5.74) is 9.58. The van der Waals surface area contributed by atoms with Crippen LogP contribution in [0.2, 0.25) is 0 Å². The molecule has 2 aromatic carbocycles. The van der Waals surface area contributed by atoms with E-state index in [0.717, 1.165) is 38.3 Å². The van der Waals surface area contributed by atoms with Crippen LogP contribution in [0.4, 0.5) is 11.4 Å². The van der Waals surface area contributed by atoms with Crippen molar-refractivity contribution in [2.24, 2.45) is 0 Å². The van der Waals surface area contributed by atoms with Crippen molar-refractivity contribution in [3.8, 4) is 0 Å². The Labute approximate surface area is 133 Å². The third-order valence-corrected chi connectivity index (χ3v) is 4.63. The first kappa shape index (κ1) is 14.9. The Kier molecular flexibility index (Phi) is 4.64. The van der Waals surface area contributed by atoms with Crippen molar-refractivity contribution in [1.29, 1.82) is 0 Å². The van der Waals surface area contributed by atoms with Crippen LogP contribution in [-0.4, -0.2) is 37.1 Å². The monoisotopic (exact) mass is 295 g/mol. The van der Waals surface area contributed by atoms with Crippen LogP contribution in [0, 0.1) is 0 Å². The minimum absolute atomic E-state index is 0.530. The molecule has 0 spiro atoms. The summed E-state index contributed by atoms with van der Waals surface area (Å²) in [4.78, 5) is 5.05. The van der Waals surface area contributed by atoms with Crippen LogP contribution < -0.4 is 10.6 Å². The molecule has 3 heteroatoms. The van der Waals surface area contributed by atoms with Crippen molar-refractivity contribution in [2.75, 3.05) is 36.8 Å². The lowest BCUT2D eigenvalue weighted by Crippen LogP contribution is -2.50. The van der Waals surface area contributed by atoms with Crippen molar-refractivity contribution in [3.63, 3.8) is 0 Å². The average Bonchev–Trinajstić information content (AvgIpc) is 2.58. The van der Waals surface area contributed by atoms with Gasteiger partial charge in [0, 0.05) is 43.6 Å². The molecule has 116 valence electrons. The second-order valence-corrected chi connectivity index (χ2v) is 6.11. The Hall–Kier alpha value is -2.00. The van der Waals surface area contributed by atoms with Gasteiger partial charge in [-0.15, -0.1) is 0 Å². The lowest BCUT2D eigenvalue weighted by molar-refractivity contribution is 0.196. The van der Waals surface area contributed by atoms with Gasteiger partial charge in [-0.2, -0.15) is 0 Å².